The molecule has 21 heavy (non-hydrogen) atoms. The zero-order valence-corrected chi connectivity index (χ0v) is 12.1. The molecule has 0 saturated heterocycles. The summed E-state index contributed by atoms with van der Waals surface area (Å²) in [6.45, 7) is 1.84. The number of nitrogens with two attached hydrogens (primary N) is 1. The fraction of sp³-hybridized carbons (Fsp3) is 0.286. The first-order valence-corrected chi connectivity index (χ1v) is 7.01. The van der Waals surface area contributed by atoms with Crippen LogP contribution in [0.15, 0.2) is 24.3 Å². The van der Waals surface area contributed by atoms with Gasteiger partial charge in [0.2, 0.25) is 5.95 Å². The first-order chi connectivity index (χ1) is 10.2. The van der Waals surface area contributed by atoms with Crippen molar-refractivity contribution in [1.82, 2.24) is 9.97 Å². The Kier molecular flexibility index (Phi) is 3.96. The zero-order valence-electron chi connectivity index (χ0n) is 11.3. The number of nitrogens with zero attached hydrogens (tertiary/aromatic N) is 2. The predicted octanol–water partition coefficient (Wildman–Crippen LogP) is 2.49. The number of anilines is 2. The molecule has 0 bridgehead atoms. The highest BCUT2D eigenvalue weighted by molar-refractivity contribution is 6.29. The maximum atomic E-state index is 5.85. The van der Waals surface area contributed by atoms with E-state index in [9.17, 15) is 0 Å². The summed E-state index contributed by atoms with van der Waals surface area (Å²) in [6.07, 6.45) is 0.875. The molecular formula is C14H15ClN4O2. The van der Waals surface area contributed by atoms with Crippen LogP contribution in [-0.4, -0.2) is 23.2 Å². The molecule has 3 rings (SSSR count). The van der Waals surface area contributed by atoms with E-state index in [0.717, 1.165) is 23.5 Å². The second-order valence-electron chi connectivity index (χ2n) is 4.58. The summed E-state index contributed by atoms with van der Waals surface area (Å²) >= 11 is 5.85. The van der Waals surface area contributed by atoms with Crippen molar-refractivity contribution in [2.24, 2.45) is 0 Å². The van der Waals surface area contributed by atoms with Crippen LogP contribution in [0.25, 0.3) is 0 Å². The van der Waals surface area contributed by atoms with E-state index in [0.29, 0.717) is 30.7 Å². The van der Waals surface area contributed by atoms with Crippen LogP contribution in [0.3, 0.4) is 0 Å². The Labute approximate surface area is 127 Å². The number of halogens is 1. The number of hydrogen-bond acceptors (Lipinski definition) is 6. The topological polar surface area (TPSA) is 82.3 Å². The lowest BCUT2D eigenvalue weighted by molar-refractivity contribution is 0.296. The number of aromatic nitrogens is 2. The molecule has 1 aliphatic rings. The minimum atomic E-state index is 0.136. The van der Waals surface area contributed by atoms with E-state index in [4.69, 9.17) is 26.8 Å². The van der Waals surface area contributed by atoms with Crippen LogP contribution >= 0.6 is 11.6 Å². The van der Waals surface area contributed by atoms with Gasteiger partial charge in [0, 0.05) is 24.6 Å². The number of nitrogen functional groups attached to an aromatic ring is 1. The Balaban J connectivity index is 1.79. The van der Waals surface area contributed by atoms with Gasteiger partial charge < -0.3 is 20.5 Å². The normalized spacial score (nSPS) is 13.6. The first-order valence-electron chi connectivity index (χ1n) is 6.64. The van der Waals surface area contributed by atoms with Gasteiger partial charge in [-0.2, -0.15) is 4.98 Å². The minimum Gasteiger partial charge on any atom is -0.490 e. The van der Waals surface area contributed by atoms with Crippen LogP contribution in [0, 0.1) is 0 Å². The molecular weight excluding hydrogens is 292 g/mol. The highest BCUT2D eigenvalue weighted by Gasteiger charge is 2.14. The van der Waals surface area contributed by atoms with Gasteiger partial charge in [-0.15, -0.1) is 0 Å². The molecule has 0 spiro atoms. The largest absolute Gasteiger partial charge is 0.490 e. The fourth-order valence-electron chi connectivity index (χ4n) is 2.10. The van der Waals surface area contributed by atoms with Crippen molar-refractivity contribution in [3.8, 4) is 11.5 Å². The third-order valence-corrected chi connectivity index (χ3v) is 3.22. The van der Waals surface area contributed by atoms with Crippen molar-refractivity contribution in [1.29, 1.82) is 0 Å². The number of benzene rings is 1. The van der Waals surface area contributed by atoms with Crippen molar-refractivity contribution in [3.63, 3.8) is 0 Å². The molecule has 0 saturated carbocycles. The average Bonchev–Trinajstić information content (AvgIpc) is 2.69. The number of hydrogen-bond donors (Lipinski definition) is 2. The van der Waals surface area contributed by atoms with Gasteiger partial charge in [-0.3, -0.25) is 0 Å². The lowest BCUT2D eigenvalue weighted by Gasteiger charge is -2.13. The van der Waals surface area contributed by atoms with Gasteiger partial charge in [-0.1, -0.05) is 23.7 Å². The second kappa shape index (κ2) is 6.05. The Morgan fingerprint density at radius 1 is 1.24 bits per heavy atom. The predicted molar refractivity (Wildman–Crippen MR) is 80.8 cm³/mol. The van der Waals surface area contributed by atoms with Gasteiger partial charge in [0.05, 0.1) is 13.2 Å². The molecule has 0 amide bonds. The molecule has 110 valence electrons. The molecule has 1 aliphatic heterocycles. The molecule has 1 aromatic heterocycles. The highest BCUT2D eigenvalue weighted by atomic mass is 35.5. The Bertz CT molecular complexity index is 631. The molecule has 0 aliphatic carbocycles. The summed E-state index contributed by atoms with van der Waals surface area (Å²) in [6, 6.07) is 7.44. The highest BCUT2D eigenvalue weighted by Crippen LogP contribution is 2.33. The van der Waals surface area contributed by atoms with E-state index < -0.39 is 0 Å². The molecule has 0 unspecified atom stereocenters. The Morgan fingerprint density at radius 2 is 2.10 bits per heavy atom. The first kappa shape index (κ1) is 13.8. The van der Waals surface area contributed by atoms with Crippen LogP contribution in [0.2, 0.25) is 5.15 Å². The summed E-state index contributed by atoms with van der Waals surface area (Å²) in [5, 5.41) is 3.46. The Morgan fingerprint density at radius 3 is 2.95 bits per heavy atom. The zero-order chi connectivity index (χ0) is 14.7. The number of fused-ring (bicyclic) bond motifs is 1. The molecule has 0 fully saturated rings. The van der Waals surface area contributed by atoms with Gasteiger partial charge in [0.25, 0.3) is 0 Å². The third-order valence-electron chi connectivity index (χ3n) is 3.03. The van der Waals surface area contributed by atoms with Crippen LogP contribution in [0.5, 0.6) is 11.5 Å². The summed E-state index contributed by atoms with van der Waals surface area (Å²) in [5.74, 6) is 2.25. The second-order valence-corrected chi connectivity index (χ2v) is 4.97. The number of nitrogens with one attached hydrogen (secondary N) is 1. The lowest BCUT2D eigenvalue weighted by atomic mass is 10.2. The van der Waals surface area contributed by atoms with Crippen LogP contribution in [0.4, 0.5) is 11.8 Å². The molecule has 0 atom stereocenters. The van der Waals surface area contributed by atoms with Crippen molar-refractivity contribution in [2.75, 3.05) is 24.3 Å². The number of rotatable bonds is 3. The van der Waals surface area contributed by atoms with Crippen molar-refractivity contribution in [3.05, 3.63) is 35.0 Å². The number of para-hydroxylation sites is 1. The van der Waals surface area contributed by atoms with E-state index in [-0.39, 0.29) is 5.95 Å². The van der Waals surface area contributed by atoms with E-state index in [1.54, 1.807) is 6.07 Å². The summed E-state index contributed by atoms with van der Waals surface area (Å²) in [4.78, 5) is 7.90. The van der Waals surface area contributed by atoms with Gasteiger partial charge in [-0.05, 0) is 6.07 Å². The molecule has 1 aromatic carbocycles. The van der Waals surface area contributed by atoms with Crippen molar-refractivity contribution < 1.29 is 9.47 Å². The van der Waals surface area contributed by atoms with E-state index >= 15 is 0 Å². The average molecular weight is 307 g/mol. The van der Waals surface area contributed by atoms with Gasteiger partial charge >= 0.3 is 0 Å². The van der Waals surface area contributed by atoms with Gasteiger partial charge in [0.1, 0.15) is 11.0 Å². The quantitative estimate of drug-likeness (QED) is 0.848. The molecule has 7 heteroatoms. The summed E-state index contributed by atoms with van der Waals surface area (Å²) < 4.78 is 11.4. The molecule has 2 aromatic rings. The van der Waals surface area contributed by atoms with Crippen LogP contribution in [-0.2, 0) is 6.54 Å². The van der Waals surface area contributed by atoms with Gasteiger partial charge in [0.15, 0.2) is 11.5 Å². The summed E-state index contributed by atoms with van der Waals surface area (Å²) in [7, 11) is 0. The lowest BCUT2D eigenvalue weighted by Crippen LogP contribution is -2.06. The monoisotopic (exact) mass is 306 g/mol. The van der Waals surface area contributed by atoms with Crippen molar-refractivity contribution >= 4 is 23.4 Å². The molecule has 6 nitrogen and oxygen atoms in total. The fourth-order valence-corrected chi connectivity index (χ4v) is 2.29. The Hall–Kier alpha value is -2.21. The van der Waals surface area contributed by atoms with E-state index in [1.165, 1.54) is 0 Å². The smallest absolute Gasteiger partial charge is 0.223 e. The molecule has 3 N–H and O–H groups in total. The number of ether oxygens (including phenoxy) is 2. The third kappa shape index (κ3) is 3.28. The maximum absolute atomic E-state index is 5.85. The van der Waals surface area contributed by atoms with Crippen molar-refractivity contribution in [2.45, 2.75) is 13.0 Å². The maximum Gasteiger partial charge on any atom is 0.223 e. The minimum absolute atomic E-state index is 0.136. The summed E-state index contributed by atoms with van der Waals surface area (Å²) in [5.41, 5.74) is 6.56. The molecule has 0 radical (unpaired) electrons. The standard InChI is InChI=1S/C14H15ClN4O2/c15-11-7-12(19-14(16)18-11)17-8-9-3-1-4-10-13(9)21-6-2-5-20-10/h1,3-4,7H,2,5-6,8H2,(H3,16,17,18,19). The van der Waals surface area contributed by atoms with E-state index in [1.807, 2.05) is 18.2 Å². The van der Waals surface area contributed by atoms with Gasteiger partial charge in [-0.25, -0.2) is 4.98 Å². The molecule has 2 heterocycles. The van der Waals surface area contributed by atoms with E-state index in [2.05, 4.69) is 15.3 Å². The SMILES string of the molecule is Nc1nc(Cl)cc(NCc2cccc3c2OCCCO3)n1. The van der Waals surface area contributed by atoms with Crippen LogP contribution < -0.4 is 20.5 Å². The van der Waals surface area contributed by atoms with Crippen LogP contribution in [0.1, 0.15) is 12.0 Å².